The first-order valence-electron chi connectivity index (χ1n) is 3.20. The maximum Gasteiger partial charge on any atom is 0.406 e. The van der Waals surface area contributed by atoms with Crippen molar-refractivity contribution in [3.05, 3.63) is 29.0 Å². The summed E-state index contributed by atoms with van der Waals surface area (Å²) < 4.78 is 37.0. The van der Waals surface area contributed by atoms with Gasteiger partial charge in [0.1, 0.15) is 6.54 Å². The molecule has 1 aromatic rings. The largest absolute Gasteiger partial charge is 0.406 e. The topological polar surface area (TPSA) is 4.93 Å². The Morgan fingerprint density at radius 1 is 1.25 bits per heavy atom. The molecule has 0 aliphatic rings. The Morgan fingerprint density at radius 3 is 2.17 bits per heavy atom. The van der Waals surface area contributed by atoms with Crippen molar-refractivity contribution in [1.29, 1.82) is 0 Å². The molecule has 0 aliphatic carbocycles. The maximum atomic E-state index is 11.8. The number of pyridine rings is 1. The van der Waals surface area contributed by atoms with Crippen molar-refractivity contribution < 1.29 is 13.2 Å². The second-order valence-corrected chi connectivity index (χ2v) is 2.79. The van der Waals surface area contributed by atoms with Gasteiger partial charge in [0.05, 0.1) is 0 Å². The molecule has 0 spiro atoms. The van der Waals surface area contributed by atoms with Crippen LogP contribution in [0.4, 0.5) is 13.2 Å². The molecule has 0 fully saturated rings. The fourth-order valence-electron chi connectivity index (χ4n) is 0.756. The standard InChI is InChI=1S/C7H6F3NS/c8-7(9,10)5-11-3-1-6(12)2-4-11/h1-4H,5H2. The minimum Gasteiger partial charge on any atom is -0.345 e. The Bertz CT molecular complexity index is 295. The lowest BCUT2D eigenvalue weighted by Crippen LogP contribution is -2.17. The predicted molar refractivity (Wildman–Crippen MR) is 41.3 cm³/mol. The Kier molecular flexibility index (Phi) is 2.52. The molecule has 0 saturated heterocycles. The van der Waals surface area contributed by atoms with Crippen LogP contribution in [0, 0.1) is 4.51 Å². The van der Waals surface area contributed by atoms with Crippen LogP contribution in [0.3, 0.4) is 0 Å². The van der Waals surface area contributed by atoms with Gasteiger partial charge in [-0.2, -0.15) is 13.2 Å². The first-order chi connectivity index (χ1) is 5.47. The summed E-state index contributed by atoms with van der Waals surface area (Å²) in [5, 5.41) is 0. The van der Waals surface area contributed by atoms with Crippen LogP contribution < -0.4 is 0 Å². The van der Waals surface area contributed by atoms with Gasteiger partial charge in [0.15, 0.2) is 0 Å². The van der Waals surface area contributed by atoms with Crippen LogP contribution in [-0.2, 0) is 6.54 Å². The van der Waals surface area contributed by atoms with E-state index in [0.717, 1.165) is 4.57 Å². The quantitative estimate of drug-likeness (QED) is 0.621. The van der Waals surface area contributed by atoms with E-state index >= 15 is 0 Å². The van der Waals surface area contributed by atoms with Crippen molar-refractivity contribution in [1.82, 2.24) is 4.57 Å². The smallest absolute Gasteiger partial charge is 0.345 e. The average Bonchev–Trinajstić information content (AvgIpc) is 1.91. The summed E-state index contributed by atoms with van der Waals surface area (Å²) in [6, 6.07) is 2.92. The molecule has 1 heterocycles. The van der Waals surface area contributed by atoms with E-state index in [1.165, 1.54) is 24.5 Å². The van der Waals surface area contributed by atoms with E-state index in [-0.39, 0.29) is 0 Å². The molecule has 66 valence electrons. The van der Waals surface area contributed by atoms with Gasteiger partial charge in [-0.05, 0) is 12.1 Å². The van der Waals surface area contributed by atoms with E-state index in [4.69, 9.17) is 12.2 Å². The third-order valence-corrected chi connectivity index (χ3v) is 1.49. The van der Waals surface area contributed by atoms with E-state index in [2.05, 4.69) is 0 Å². The van der Waals surface area contributed by atoms with E-state index in [9.17, 15) is 13.2 Å². The van der Waals surface area contributed by atoms with Crippen LogP contribution in [0.25, 0.3) is 0 Å². The SMILES string of the molecule is FC(F)(F)Cn1ccc(=S)cc1. The lowest BCUT2D eigenvalue weighted by molar-refractivity contribution is -0.140. The minimum atomic E-state index is -4.17. The molecule has 0 aromatic carbocycles. The van der Waals surface area contributed by atoms with Crippen LogP contribution in [0.2, 0.25) is 0 Å². The van der Waals surface area contributed by atoms with Crippen molar-refractivity contribution in [2.45, 2.75) is 12.7 Å². The third-order valence-electron chi connectivity index (χ3n) is 1.22. The zero-order valence-electron chi connectivity index (χ0n) is 6.01. The third kappa shape index (κ3) is 3.04. The van der Waals surface area contributed by atoms with Gasteiger partial charge in [0, 0.05) is 16.9 Å². The Balaban J connectivity index is 2.78. The molecule has 5 heteroatoms. The van der Waals surface area contributed by atoms with Gasteiger partial charge in [0.25, 0.3) is 0 Å². The van der Waals surface area contributed by atoms with E-state index in [1.54, 1.807) is 0 Å². The Labute approximate surface area is 72.4 Å². The number of alkyl halides is 3. The highest BCUT2D eigenvalue weighted by Crippen LogP contribution is 2.16. The number of nitrogens with zero attached hydrogens (tertiary/aromatic N) is 1. The fraction of sp³-hybridized carbons (Fsp3) is 0.286. The minimum absolute atomic E-state index is 0.536. The molecule has 0 amide bonds. The molecule has 0 N–H and O–H groups in total. The molecule has 1 aromatic heterocycles. The Morgan fingerprint density at radius 2 is 1.75 bits per heavy atom. The Hall–Kier alpha value is -0.840. The molecule has 1 rings (SSSR count). The summed E-state index contributed by atoms with van der Waals surface area (Å²) in [5.74, 6) is 0. The number of halogens is 3. The number of rotatable bonds is 1. The fourth-order valence-corrected chi connectivity index (χ4v) is 0.878. The molecule has 0 atom stereocenters. The molecular formula is C7H6F3NS. The van der Waals surface area contributed by atoms with Gasteiger partial charge in [-0.25, -0.2) is 0 Å². The second-order valence-electron chi connectivity index (χ2n) is 2.32. The first-order valence-corrected chi connectivity index (χ1v) is 3.61. The highest BCUT2D eigenvalue weighted by molar-refractivity contribution is 7.71. The van der Waals surface area contributed by atoms with Gasteiger partial charge in [0.2, 0.25) is 0 Å². The van der Waals surface area contributed by atoms with E-state index in [1.807, 2.05) is 0 Å². The summed E-state index contributed by atoms with van der Waals surface area (Å²) in [7, 11) is 0. The summed E-state index contributed by atoms with van der Waals surface area (Å²) in [6.45, 7) is -0.970. The van der Waals surface area contributed by atoms with Crippen LogP contribution in [0.5, 0.6) is 0 Å². The van der Waals surface area contributed by atoms with Crippen molar-refractivity contribution >= 4 is 12.2 Å². The van der Waals surface area contributed by atoms with Gasteiger partial charge < -0.3 is 4.57 Å². The first kappa shape index (κ1) is 9.25. The van der Waals surface area contributed by atoms with Crippen molar-refractivity contribution in [2.24, 2.45) is 0 Å². The molecular weight excluding hydrogens is 187 g/mol. The van der Waals surface area contributed by atoms with Crippen molar-refractivity contribution in [2.75, 3.05) is 0 Å². The lowest BCUT2D eigenvalue weighted by atomic mass is 10.4. The summed E-state index contributed by atoms with van der Waals surface area (Å²) in [6.07, 6.45) is -1.54. The summed E-state index contributed by atoms with van der Waals surface area (Å²) >= 11 is 4.72. The molecule has 12 heavy (non-hydrogen) atoms. The summed E-state index contributed by atoms with van der Waals surface area (Å²) in [5.41, 5.74) is 0. The molecule has 1 nitrogen and oxygen atoms in total. The highest BCUT2D eigenvalue weighted by atomic mass is 32.1. The predicted octanol–water partition coefficient (Wildman–Crippen LogP) is 2.78. The van der Waals surface area contributed by atoms with Crippen LogP contribution in [0.15, 0.2) is 24.5 Å². The molecule has 0 radical (unpaired) electrons. The van der Waals surface area contributed by atoms with Crippen molar-refractivity contribution in [3.63, 3.8) is 0 Å². The van der Waals surface area contributed by atoms with Gasteiger partial charge in [-0.15, -0.1) is 0 Å². The lowest BCUT2D eigenvalue weighted by Gasteiger charge is -2.08. The van der Waals surface area contributed by atoms with Gasteiger partial charge >= 0.3 is 6.18 Å². The second kappa shape index (κ2) is 3.26. The number of hydrogen-bond donors (Lipinski definition) is 0. The van der Waals surface area contributed by atoms with Crippen LogP contribution >= 0.6 is 12.2 Å². The zero-order chi connectivity index (χ0) is 9.19. The van der Waals surface area contributed by atoms with E-state index in [0.29, 0.717) is 4.51 Å². The molecule has 0 saturated carbocycles. The molecule has 0 unspecified atom stereocenters. The normalized spacial score (nSPS) is 11.6. The van der Waals surface area contributed by atoms with E-state index < -0.39 is 12.7 Å². The van der Waals surface area contributed by atoms with Crippen LogP contribution in [0.1, 0.15) is 0 Å². The average molecular weight is 193 g/mol. The molecule has 0 aliphatic heterocycles. The highest BCUT2D eigenvalue weighted by Gasteiger charge is 2.26. The number of aromatic nitrogens is 1. The van der Waals surface area contributed by atoms with Gasteiger partial charge in [-0.1, -0.05) is 12.2 Å². The van der Waals surface area contributed by atoms with Crippen LogP contribution in [-0.4, -0.2) is 10.7 Å². The number of hydrogen-bond acceptors (Lipinski definition) is 1. The monoisotopic (exact) mass is 193 g/mol. The van der Waals surface area contributed by atoms with Crippen molar-refractivity contribution in [3.8, 4) is 0 Å². The maximum absolute atomic E-state index is 11.8. The van der Waals surface area contributed by atoms with Gasteiger partial charge in [-0.3, -0.25) is 0 Å². The summed E-state index contributed by atoms with van der Waals surface area (Å²) in [4.78, 5) is 0. The zero-order valence-corrected chi connectivity index (χ0v) is 6.82. The molecule has 0 bridgehead atoms.